The summed E-state index contributed by atoms with van der Waals surface area (Å²) in [4.78, 5) is 15.4. The summed E-state index contributed by atoms with van der Waals surface area (Å²) in [6.07, 6.45) is 2.18. The Morgan fingerprint density at radius 1 is 1.59 bits per heavy atom. The summed E-state index contributed by atoms with van der Waals surface area (Å²) in [5, 5.41) is 11.3. The quantitative estimate of drug-likeness (QED) is 0.747. The van der Waals surface area contributed by atoms with Crippen LogP contribution in [0.4, 0.5) is 0 Å². The zero-order valence-corrected chi connectivity index (χ0v) is 9.77. The van der Waals surface area contributed by atoms with E-state index >= 15 is 0 Å². The average molecular weight is 233 g/mol. The standard InChI is InChI=1S/C12H15N3O2/c1-2-17-7-3-6-14-12(16)10-4-5-11(8-13)15-9-10/h4-5,9H,2-3,6-7H2,1H3,(H,14,16). The van der Waals surface area contributed by atoms with Gasteiger partial charge in [0.05, 0.1) is 5.56 Å². The number of aromatic nitrogens is 1. The first kappa shape index (κ1) is 13.1. The molecule has 5 nitrogen and oxygen atoms in total. The van der Waals surface area contributed by atoms with Crippen molar-refractivity contribution in [3.8, 4) is 6.07 Å². The van der Waals surface area contributed by atoms with Crippen molar-refractivity contribution in [3.63, 3.8) is 0 Å². The lowest BCUT2D eigenvalue weighted by molar-refractivity contribution is 0.0944. The Kier molecular flexibility index (Phi) is 5.69. The van der Waals surface area contributed by atoms with Crippen LogP contribution in [0.5, 0.6) is 0 Å². The van der Waals surface area contributed by atoms with Crippen LogP contribution in [0.1, 0.15) is 29.4 Å². The molecule has 17 heavy (non-hydrogen) atoms. The number of hydrogen-bond acceptors (Lipinski definition) is 4. The maximum atomic E-state index is 11.6. The van der Waals surface area contributed by atoms with E-state index in [4.69, 9.17) is 10.00 Å². The molecule has 1 N–H and O–H groups in total. The summed E-state index contributed by atoms with van der Waals surface area (Å²) in [6.45, 7) is 3.83. The van der Waals surface area contributed by atoms with Crippen LogP contribution < -0.4 is 5.32 Å². The van der Waals surface area contributed by atoms with Crippen molar-refractivity contribution in [2.75, 3.05) is 19.8 Å². The minimum absolute atomic E-state index is 0.182. The van der Waals surface area contributed by atoms with Crippen LogP contribution >= 0.6 is 0 Å². The highest BCUT2D eigenvalue weighted by Crippen LogP contribution is 1.99. The fourth-order valence-electron chi connectivity index (χ4n) is 1.22. The number of carbonyl (C=O) groups is 1. The number of hydrogen-bond donors (Lipinski definition) is 1. The lowest BCUT2D eigenvalue weighted by Crippen LogP contribution is -2.25. The molecule has 0 atom stereocenters. The van der Waals surface area contributed by atoms with E-state index in [1.165, 1.54) is 12.3 Å². The molecule has 1 heterocycles. The van der Waals surface area contributed by atoms with Crippen LogP contribution in [0.2, 0.25) is 0 Å². The van der Waals surface area contributed by atoms with Crippen molar-refractivity contribution in [2.45, 2.75) is 13.3 Å². The monoisotopic (exact) mass is 233 g/mol. The van der Waals surface area contributed by atoms with Crippen LogP contribution in [0.3, 0.4) is 0 Å². The van der Waals surface area contributed by atoms with Crippen molar-refractivity contribution in [3.05, 3.63) is 29.6 Å². The van der Waals surface area contributed by atoms with Gasteiger partial charge in [0, 0.05) is 26.0 Å². The highest BCUT2D eigenvalue weighted by atomic mass is 16.5. The van der Waals surface area contributed by atoms with Gasteiger partial charge in [-0.15, -0.1) is 0 Å². The maximum absolute atomic E-state index is 11.6. The van der Waals surface area contributed by atoms with Gasteiger partial charge in [-0.1, -0.05) is 0 Å². The largest absolute Gasteiger partial charge is 0.382 e. The summed E-state index contributed by atoms with van der Waals surface area (Å²) >= 11 is 0. The third kappa shape index (κ3) is 4.62. The number of ether oxygens (including phenoxy) is 1. The second kappa shape index (κ2) is 7.36. The van der Waals surface area contributed by atoms with Gasteiger partial charge in [-0.05, 0) is 25.5 Å². The molecule has 0 aliphatic carbocycles. The van der Waals surface area contributed by atoms with E-state index in [1.807, 2.05) is 13.0 Å². The molecule has 0 spiro atoms. The Labute approximate surface area is 100 Å². The van der Waals surface area contributed by atoms with Crippen LogP contribution in [0.25, 0.3) is 0 Å². The molecule has 0 saturated carbocycles. The molecule has 0 aromatic carbocycles. The van der Waals surface area contributed by atoms with Gasteiger partial charge in [0.1, 0.15) is 11.8 Å². The molecular weight excluding hydrogens is 218 g/mol. The molecule has 90 valence electrons. The van der Waals surface area contributed by atoms with Gasteiger partial charge in [-0.25, -0.2) is 4.98 Å². The second-order valence-corrected chi connectivity index (χ2v) is 3.35. The zero-order valence-electron chi connectivity index (χ0n) is 9.77. The molecule has 1 rings (SSSR count). The van der Waals surface area contributed by atoms with Gasteiger partial charge in [0.2, 0.25) is 0 Å². The van der Waals surface area contributed by atoms with Crippen LogP contribution in [-0.4, -0.2) is 30.6 Å². The highest BCUT2D eigenvalue weighted by molar-refractivity contribution is 5.93. The molecule has 0 bridgehead atoms. The maximum Gasteiger partial charge on any atom is 0.252 e. The minimum Gasteiger partial charge on any atom is -0.382 e. The van der Waals surface area contributed by atoms with Crippen molar-refractivity contribution >= 4 is 5.91 Å². The predicted octanol–water partition coefficient (Wildman–Crippen LogP) is 1.11. The number of amides is 1. The molecular formula is C12H15N3O2. The Morgan fingerprint density at radius 3 is 3.00 bits per heavy atom. The summed E-state index contributed by atoms with van der Waals surface area (Å²) < 4.78 is 5.15. The first-order valence-corrected chi connectivity index (χ1v) is 5.50. The minimum atomic E-state index is -0.182. The van der Waals surface area contributed by atoms with Gasteiger partial charge in [0.15, 0.2) is 0 Å². The molecule has 0 aliphatic rings. The molecule has 0 radical (unpaired) electrons. The van der Waals surface area contributed by atoms with E-state index in [2.05, 4.69) is 10.3 Å². The van der Waals surface area contributed by atoms with Gasteiger partial charge >= 0.3 is 0 Å². The number of carbonyl (C=O) groups excluding carboxylic acids is 1. The van der Waals surface area contributed by atoms with E-state index < -0.39 is 0 Å². The van der Waals surface area contributed by atoms with Crippen molar-refractivity contribution in [1.29, 1.82) is 5.26 Å². The van der Waals surface area contributed by atoms with Gasteiger partial charge in [-0.3, -0.25) is 4.79 Å². The first-order valence-electron chi connectivity index (χ1n) is 5.50. The number of rotatable bonds is 6. The number of nitriles is 1. The number of nitrogens with one attached hydrogen (secondary N) is 1. The average Bonchev–Trinajstić information content (AvgIpc) is 2.38. The van der Waals surface area contributed by atoms with Crippen molar-refractivity contribution in [1.82, 2.24) is 10.3 Å². The predicted molar refractivity (Wildman–Crippen MR) is 62.4 cm³/mol. The smallest absolute Gasteiger partial charge is 0.252 e. The van der Waals surface area contributed by atoms with Gasteiger partial charge < -0.3 is 10.1 Å². The van der Waals surface area contributed by atoms with Crippen LogP contribution in [-0.2, 0) is 4.74 Å². The molecule has 5 heteroatoms. The molecule has 1 aromatic heterocycles. The van der Waals surface area contributed by atoms with Crippen LogP contribution in [0, 0.1) is 11.3 Å². The number of pyridine rings is 1. The molecule has 0 fully saturated rings. The zero-order chi connectivity index (χ0) is 12.5. The summed E-state index contributed by atoms with van der Waals surface area (Å²) in [7, 11) is 0. The third-order valence-electron chi connectivity index (χ3n) is 2.10. The summed E-state index contributed by atoms with van der Waals surface area (Å²) in [5.74, 6) is -0.182. The van der Waals surface area contributed by atoms with Gasteiger partial charge in [-0.2, -0.15) is 5.26 Å². The molecule has 0 unspecified atom stereocenters. The normalized spacial score (nSPS) is 9.65. The van der Waals surface area contributed by atoms with E-state index in [9.17, 15) is 4.79 Å². The number of nitrogens with zero attached hydrogens (tertiary/aromatic N) is 2. The van der Waals surface area contributed by atoms with Crippen LogP contribution in [0.15, 0.2) is 18.3 Å². The summed E-state index contributed by atoms with van der Waals surface area (Å²) in [5.41, 5.74) is 0.762. The van der Waals surface area contributed by atoms with E-state index in [0.29, 0.717) is 31.0 Å². The fourth-order valence-corrected chi connectivity index (χ4v) is 1.22. The van der Waals surface area contributed by atoms with E-state index in [0.717, 1.165) is 6.42 Å². The second-order valence-electron chi connectivity index (χ2n) is 3.35. The van der Waals surface area contributed by atoms with E-state index in [1.54, 1.807) is 6.07 Å². The first-order chi connectivity index (χ1) is 8.27. The highest BCUT2D eigenvalue weighted by Gasteiger charge is 2.04. The molecule has 0 aliphatic heterocycles. The van der Waals surface area contributed by atoms with Crippen molar-refractivity contribution in [2.24, 2.45) is 0 Å². The lowest BCUT2D eigenvalue weighted by Gasteiger charge is -2.04. The Bertz CT molecular complexity index is 395. The van der Waals surface area contributed by atoms with E-state index in [-0.39, 0.29) is 5.91 Å². The fraction of sp³-hybridized carbons (Fsp3) is 0.417. The SMILES string of the molecule is CCOCCCNC(=O)c1ccc(C#N)nc1. The Hall–Kier alpha value is -1.93. The third-order valence-corrected chi connectivity index (χ3v) is 2.10. The molecule has 1 amide bonds. The lowest BCUT2D eigenvalue weighted by atomic mass is 10.2. The summed E-state index contributed by atoms with van der Waals surface area (Å²) in [6, 6.07) is 5.01. The Morgan fingerprint density at radius 2 is 2.41 bits per heavy atom. The van der Waals surface area contributed by atoms with Crippen molar-refractivity contribution < 1.29 is 9.53 Å². The topological polar surface area (TPSA) is 75.0 Å². The molecule has 0 saturated heterocycles. The van der Waals surface area contributed by atoms with Gasteiger partial charge in [0.25, 0.3) is 5.91 Å². The molecule has 1 aromatic rings. The Balaban J connectivity index is 2.34.